The molecular weight excluding hydrogens is 348 g/mol. The van der Waals surface area contributed by atoms with Gasteiger partial charge in [-0.1, -0.05) is 63.1 Å². The standard InChI is InChI=1S/C24H28N2O2/c1-3-5-6-7-8-12-18-13-11-15-20-22(18)25-23(26-24(20)27)19-14-9-10-16-21(19)28-17-4-2/h8-16H,3-7,17H2,1-2H3,(H,25,26,27). The number of nitrogens with zero attached hydrogens (tertiary/aromatic N) is 1. The van der Waals surface area contributed by atoms with Gasteiger partial charge < -0.3 is 9.72 Å². The van der Waals surface area contributed by atoms with Crippen LogP contribution >= 0.6 is 0 Å². The number of benzene rings is 2. The summed E-state index contributed by atoms with van der Waals surface area (Å²) in [4.78, 5) is 20.4. The summed E-state index contributed by atoms with van der Waals surface area (Å²) >= 11 is 0. The minimum Gasteiger partial charge on any atom is -0.493 e. The minimum absolute atomic E-state index is 0.133. The summed E-state index contributed by atoms with van der Waals surface area (Å²) in [5.74, 6) is 1.27. The van der Waals surface area contributed by atoms with E-state index in [0.717, 1.165) is 35.2 Å². The molecule has 0 aliphatic heterocycles. The summed E-state index contributed by atoms with van der Waals surface area (Å²) in [5, 5.41) is 0.603. The Kier molecular flexibility index (Phi) is 7.01. The number of allylic oxidation sites excluding steroid dienone is 1. The molecule has 0 aliphatic carbocycles. The summed E-state index contributed by atoms with van der Waals surface area (Å²) in [6, 6.07) is 13.4. The van der Waals surface area contributed by atoms with Crippen molar-refractivity contribution in [3.63, 3.8) is 0 Å². The highest BCUT2D eigenvalue weighted by Crippen LogP contribution is 2.28. The molecule has 0 radical (unpaired) electrons. The van der Waals surface area contributed by atoms with Gasteiger partial charge in [0.05, 0.1) is 23.1 Å². The second kappa shape index (κ2) is 9.88. The van der Waals surface area contributed by atoms with Crippen molar-refractivity contribution in [1.82, 2.24) is 9.97 Å². The van der Waals surface area contributed by atoms with Crippen molar-refractivity contribution < 1.29 is 4.74 Å². The summed E-state index contributed by atoms with van der Waals surface area (Å²) in [5.41, 5.74) is 2.36. The van der Waals surface area contributed by atoms with Crippen LogP contribution < -0.4 is 10.3 Å². The first-order valence-electron chi connectivity index (χ1n) is 10.2. The fraction of sp³-hybridized carbons (Fsp3) is 0.333. The average Bonchev–Trinajstić information content (AvgIpc) is 2.72. The van der Waals surface area contributed by atoms with Gasteiger partial charge in [-0.3, -0.25) is 4.79 Å². The van der Waals surface area contributed by atoms with Gasteiger partial charge in [0.1, 0.15) is 11.6 Å². The van der Waals surface area contributed by atoms with E-state index >= 15 is 0 Å². The van der Waals surface area contributed by atoms with Gasteiger partial charge in [-0.2, -0.15) is 0 Å². The second-order valence-electron chi connectivity index (χ2n) is 6.90. The molecule has 2 aromatic carbocycles. The van der Waals surface area contributed by atoms with Crippen LogP contribution in [0.5, 0.6) is 5.75 Å². The quantitative estimate of drug-likeness (QED) is 0.468. The number of para-hydroxylation sites is 2. The number of nitrogens with one attached hydrogen (secondary N) is 1. The van der Waals surface area contributed by atoms with Gasteiger partial charge in [-0.05, 0) is 37.5 Å². The Labute approximate surface area is 166 Å². The zero-order chi connectivity index (χ0) is 19.8. The molecule has 0 spiro atoms. The number of fused-ring (bicyclic) bond motifs is 1. The van der Waals surface area contributed by atoms with Crippen LogP contribution in [0.1, 0.15) is 51.5 Å². The monoisotopic (exact) mass is 376 g/mol. The lowest BCUT2D eigenvalue weighted by molar-refractivity contribution is 0.318. The zero-order valence-corrected chi connectivity index (χ0v) is 16.7. The molecule has 0 bridgehead atoms. The lowest BCUT2D eigenvalue weighted by Crippen LogP contribution is -2.10. The van der Waals surface area contributed by atoms with Crippen LogP contribution in [0.2, 0.25) is 0 Å². The largest absolute Gasteiger partial charge is 0.493 e. The van der Waals surface area contributed by atoms with Crippen LogP contribution in [0.15, 0.2) is 53.3 Å². The van der Waals surface area contributed by atoms with E-state index in [-0.39, 0.29) is 5.56 Å². The molecule has 0 saturated carbocycles. The number of rotatable bonds is 9. The minimum atomic E-state index is -0.133. The first kappa shape index (κ1) is 19.9. The molecule has 0 amide bonds. The molecule has 28 heavy (non-hydrogen) atoms. The van der Waals surface area contributed by atoms with Crippen molar-refractivity contribution >= 4 is 17.0 Å². The van der Waals surface area contributed by atoms with Crippen molar-refractivity contribution in [2.24, 2.45) is 0 Å². The third kappa shape index (κ3) is 4.69. The van der Waals surface area contributed by atoms with Gasteiger partial charge >= 0.3 is 0 Å². The highest BCUT2D eigenvalue weighted by molar-refractivity contribution is 5.88. The molecule has 0 aliphatic rings. The number of hydrogen-bond acceptors (Lipinski definition) is 3. The number of ether oxygens (including phenoxy) is 1. The first-order chi connectivity index (χ1) is 13.7. The number of aromatic nitrogens is 2. The summed E-state index contributed by atoms with van der Waals surface area (Å²) in [7, 11) is 0. The van der Waals surface area contributed by atoms with Crippen molar-refractivity contribution in [3.05, 3.63) is 64.5 Å². The van der Waals surface area contributed by atoms with Gasteiger partial charge in [0.25, 0.3) is 5.56 Å². The van der Waals surface area contributed by atoms with Crippen molar-refractivity contribution in [2.75, 3.05) is 6.61 Å². The van der Waals surface area contributed by atoms with Crippen LogP contribution in [0, 0.1) is 0 Å². The van der Waals surface area contributed by atoms with Gasteiger partial charge in [0.2, 0.25) is 0 Å². The predicted molar refractivity (Wildman–Crippen MR) is 117 cm³/mol. The number of H-pyrrole nitrogens is 1. The number of unbranched alkanes of at least 4 members (excludes halogenated alkanes) is 3. The summed E-state index contributed by atoms with van der Waals surface area (Å²) in [6.45, 7) is 4.90. The normalized spacial score (nSPS) is 11.4. The first-order valence-corrected chi connectivity index (χ1v) is 10.2. The molecule has 3 rings (SSSR count). The van der Waals surface area contributed by atoms with Crippen molar-refractivity contribution in [2.45, 2.75) is 46.0 Å². The van der Waals surface area contributed by atoms with Gasteiger partial charge in [0, 0.05) is 5.56 Å². The summed E-state index contributed by atoms with van der Waals surface area (Å²) in [6.07, 6.45) is 9.83. The average molecular weight is 377 g/mol. The van der Waals surface area contributed by atoms with Crippen LogP contribution in [-0.2, 0) is 0 Å². The molecule has 1 heterocycles. The molecule has 0 saturated heterocycles. The fourth-order valence-electron chi connectivity index (χ4n) is 3.17. The predicted octanol–water partition coefficient (Wildman–Crippen LogP) is 5.97. The zero-order valence-electron chi connectivity index (χ0n) is 16.7. The van der Waals surface area contributed by atoms with Crippen LogP contribution in [0.3, 0.4) is 0 Å². The molecule has 1 N–H and O–H groups in total. The Morgan fingerprint density at radius 1 is 1.04 bits per heavy atom. The smallest absolute Gasteiger partial charge is 0.259 e. The highest BCUT2D eigenvalue weighted by Gasteiger charge is 2.12. The Bertz CT molecular complexity index is 1000. The maximum Gasteiger partial charge on any atom is 0.259 e. The van der Waals surface area contributed by atoms with E-state index in [4.69, 9.17) is 9.72 Å². The van der Waals surface area contributed by atoms with Crippen LogP contribution in [-0.4, -0.2) is 16.6 Å². The lowest BCUT2D eigenvalue weighted by atomic mass is 10.1. The maximum atomic E-state index is 12.7. The fourth-order valence-corrected chi connectivity index (χ4v) is 3.17. The Hall–Kier alpha value is -2.88. The molecule has 3 aromatic rings. The van der Waals surface area contributed by atoms with E-state index in [2.05, 4.69) is 31.0 Å². The third-order valence-corrected chi connectivity index (χ3v) is 4.64. The van der Waals surface area contributed by atoms with Crippen molar-refractivity contribution in [1.29, 1.82) is 0 Å². The molecule has 0 unspecified atom stereocenters. The summed E-state index contributed by atoms with van der Waals surface area (Å²) < 4.78 is 5.85. The Balaban J connectivity index is 2.02. The molecule has 4 nitrogen and oxygen atoms in total. The van der Waals surface area contributed by atoms with Gasteiger partial charge in [-0.25, -0.2) is 4.98 Å². The molecule has 4 heteroatoms. The van der Waals surface area contributed by atoms with Crippen LogP contribution in [0.25, 0.3) is 28.4 Å². The molecule has 146 valence electrons. The van der Waals surface area contributed by atoms with E-state index in [0.29, 0.717) is 17.8 Å². The number of hydrogen-bond donors (Lipinski definition) is 1. The topological polar surface area (TPSA) is 55.0 Å². The Morgan fingerprint density at radius 3 is 2.71 bits per heavy atom. The molecule has 0 fully saturated rings. The molecule has 1 aromatic heterocycles. The highest BCUT2D eigenvalue weighted by atomic mass is 16.5. The van der Waals surface area contributed by atoms with E-state index in [1.54, 1.807) is 0 Å². The van der Waals surface area contributed by atoms with Gasteiger partial charge in [0.15, 0.2) is 0 Å². The molecular formula is C24H28N2O2. The lowest BCUT2D eigenvalue weighted by Gasteiger charge is -2.11. The van der Waals surface area contributed by atoms with Gasteiger partial charge in [-0.15, -0.1) is 0 Å². The Morgan fingerprint density at radius 2 is 1.89 bits per heavy atom. The van der Waals surface area contributed by atoms with Crippen LogP contribution in [0.4, 0.5) is 0 Å². The van der Waals surface area contributed by atoms with Crippen molar-refractivity contribution in [3.8, 4) is 17.1 Å². The van der Waals surface area contributed by atoms with E-state index in [9.17, 15) is 4.79 Å². The van der Waals surface area contributed by atoms with E-state index in [1.807, 2.05) is 42.5 Å². The maximum absolute atomic E-state index is 12.7. The molecule has 0 atom stereocenters. The van der Waals surface area contributed by atoms with E-state index < -0.39 is 0 Å². The number of aromatic amines is 1. The second-order valence-corrected chi connectivity index (χ2v) is 6.90. The van der Waals surface area contributed by atoms with E-state index in [1.165, 1.54) is 19.3 Å². The third-order valence-electron chi connectivity index (χ3n) is 4.64. The SMILES string of the molecule is CCCCCC=Cc1cccc2c(=O)[nH]c(-c3ccccc3OCCC)nc12.